The Hall–Kier alpha value is -2.70. The van der Waals surface area contributed by atoms with E-state index in [0.717, 1.165) is 33.1 Å². The van der Waals surface area contributed by atoms with E-state index in [1.54, 1.807) is 35.5 Å². The zero-order valence-corrected chi connectivity index (χ0v) is 20.3. The topological polar surface area (TPSA) is 46.1 Å². The third-order valence-electron chi connectivity index (χ3n) is 5.52. The van der Waals surface area contributed by atoms with E-state index in [-0.39, 0.29) is 5.91 Å². The number of rotatable bonds is 8. The van der Waals surface area contributed by atoms with Crippen molar-refractivity contribution < 1.29 is 4.79 Å². The average Bonchev–Trinajstić information content (AvgIpc) is 3.24. The molecule has 0 saturated carbocycles. The predicted molar refractivity (Wildman–Crippen MR) is 136 cm³/mol. The van der Waals surface area contributed by atoms with Gasteiger partial charge in [0.15, 0.2) is 5.13 Å². The van der Waals surface area contributed by atoms with Crippen molar-refractivity contribution in [1.82, 2.24) is 9.97 Å². The molecule has 6 heteroatoms. The van der Waals surface area contributed by atoms with E-state index >= 15 is 0 Å². The van der Waals surface area contributed by atoms with Crippen LogP contribution in [0, 0.1) is 20.8 Å². The highest BCUT2D eigenvalue weighted by molar-refractivity contribution is 7.99. The van der Waals surface area contributed by atoms with Crippen molar-refractivity contribution in [2.24, 2.45) is 0 Å². The maximum Gasteiger partial charge on any atom is 0.229 e. The Morgan fingerprint density at radius 1 is 1.00 bits per heavy atom. The summed E-state index contributed by atoms with van der Waals surface area (Å²) >= 11 is 3.38. The lowest BCUT2D eigenvalue weighted by Gasteiger charge is -2.20. The van der Waals surface area contributed by atoms with Crippen LogP contribution in [0.1, 0.15) is 35.1 Å². The van der Waals surface area contributed by atoms with E-state index in [0.29, 0.717) is 13.0 Å². The molecular formula is C26H27N3OS2. The molecule has 0 bridgehead atoms. The van der Waals surface area contributed by atoms with Crippen molar-refractivity contribution >= 4 is 44.4 Å². The summed E-state index contributed by atoms with van der Waals surface area (Å²) in [6.07, 6.45) is 4.86. The Balaban J connectivity index is 1.49. The van der Waals surface area contributed by atoms with Crippen molar-refractivity contribution in [3.05, 3.63) is 83.2 Å². The second-order valence-corrected chi connectivity index (χ2v) is 10.1. The van der Waals surface area contributed by atoms with Gasteiger partial charge in [0.1, 0.15) is 0 Å². The smallest absolute Gasteiger partial charge is 0.229 e. The van der Waals surface area contributed by atoms with Gasteiger partial charge >= 0.3 is 0 Å². The maximum absolute atomic E-state index is 13.3. The second kappa shape index (κ2) is 10.3. The third kappa shape index (κ3) is 5.37. The van der Waals surface area contributed by atoms with E-state index in [4.69, 9.17) is 4.98 Å². The number of aryl methyl sites for hydroxylation is 3. The van der Waals surface area contributed by atoms with Gasteiger partial charge in [0.2, 0.25) is 5.91 Å². The number of fused-ring (bicyclic) bond motifs is 1. The summed E-state index contributed by atoms with van der Waals surface area (Å²) in [5, 5.41) is 0.765. The Bertz CT molecular complexity index is 1200. The number of thioether (sulfide) groups is 1. The largest absolute Gasteiger partial charge is 0.284 e. The van der Waals surface area contributed by atoms with Crippen molar-refractivity contribution in [2.75, 3.05) is 10.7 Å². The second-order valence-electron chi connectivity index (χ2n) is 7.95. The molecule has 0 aliphatic carbocycles. The van der Waals surface area contributed by atoms with Crippen LogP contribution >= 0.6 is 23.1 Å². The molecule has 32 heavy (non-hydrogen) atoms. The minimum absolute atomic E-state index is 0.111. The van der Waals surface area contributed by atoms with Crippen LogP contribution in [-0.2, 0) is 11.3 Å². The average molecular weight is 462 g/mol. The van der Waals surface area contributed by atoms with Gasteiger partial charge < -0.3 is 0 Å². The zero-order valence-electron chi connectivity index (χ0n) is 18.7. The molecule has 1 amide bonds. The third-order valence-corrected chi connectivity index (χ3v) is 7.66. The number of aromatic nitrogens is 2. The molecule has 4 rings (SSSR count). The molecule has 0 saturated heterocycles. The molecule has 4 aromatic rings. The number of hydrogen-bond donors (Lipinski definition) is 0. The summed E-state index contributed by atoms with van der Waals surface area (Å²) in [7, 11) is 0. The van der Waals surface area contributed by atoms with Gasteiger partial charge in [-0.3, -0.25) is 14.7 Å². The molecule has 0 unspecified atom stereocenters. The minimum atomic E-state index is 0.111. The number of amides is 1. The maximum atomic E-state index is 13.3. The highest BCUT2D eigenvalue weighted by Gasteiger charge is 2.21. The fourth-order valence-corrected chi connectivity index (χ4v) is 5.34. The number of carbonyl (C=O) groups is 1. The summed E-state index contributed by atoms with van der Waals surface area (Å²) in [5.74, 6) is 1.02. The molecular weight excluding hydrogens is 434 g/mol. The van der Waals surface area contributed by atoms with Crippen LogP contribution < -0.4 is 4.90 Å². The molecule has 0 fully saturated rings. The number of hydrogen-bond acceptors (Lipinski definition) is 5. The summed E-state index contributed by atoms with van der Waals surface area (Å²) in [6, 6.07) is 16.7. The number of nitrogens with zero attached hydrogens (tertiary/aromatic N) is 3. The first-order valence-corrected chi connectivity index (χ1v) is 12.6. The minimum Gasteiger partial charge on any atom is -0.284 e. The van der Waals surface area contributed by atoms with E-state index in [9.17, 15) is 4.79 Å². The molecule has 0 N–H and O–H groups in total. The highest BCUT2D eigenvalue weighted by atomic mass is 32.2. The number of pyridine rings is 1. The first-order chi connectivity index (χ1) is 15.5. The molecule has 0 aliphatic rings. The van der Waals surface area contributed by atoms with E-state index in [2.05, 4.69) is 62.2 Å². The van der Waals surface area contributed by atoms with E-state index in [1.807, 2.05) is 17.0 Å². The molecule has 4 nitrogen and oxygen atoms in total. The van der Waals surface area contributed by atoms with Gasteiger partial charge in [0.25, 0.3) is 0 Å². The first-order valence-electron chi connectivity index (χ1n) is 10.8. The molecule has 2 aromatic heterocycles. The first kappa shape index (κ1) is 22.5. The van der Waals surface area contributed by atoms with Crippen LogP contribution in [0.2, 0.25) is 0 Å². The van der Waals surface area contributed by atoms with Gasteiger partial charge in [0, 0.05) is 23.7 Å². The molecule has 164 valence electrons. The van der Waals surface area contributed by atoms with Crippen LogP contribution in [0.5, 0.6) is 0 Å². The van der Waals surface area contributed by atoms with E-state index in [1.165, 1.54) is 21.6 Å². The van der Waals surface area contributed by atoms with Gasteiger partial charge in [-0.25, -0.2) is 4.98 Å². The number of carbonyl (C=O) groups excluding carboxylic acids is 1. The lowest BCUT2D eigenvalue weighted by Crippen LogP contribution is -2.30. The van der Waals surface area contributed by atoms with Crippen LogP contribution in [0.25, 0.3) is 10.2 Å². The predicted octanol–water partition coefficient (Wildman–Crippen LogP) is 6.72. The molecule has 0 spiro atoms. The van der Waals surface area contributed by atoms with Crippen LogP contribution in [0.3, 0.4) is 0 Å². The lowest BCUT2D eigenvalue weighted by molar-refractivity contribution is -0.118. The van der Waals surface area contributed by atoms with Gasteiger partial charge in [0.05, 0.1) is 16.8 Å². The normalized spacial score (nSPS) is 11.1. The van der Waals surface area contributed by atoms with Crippen LogP contribution in [0.15, 0.2) is 65.8 Å². The lowest BCUT2D eigenvalue weighted by atomic mass is 10.1. The van der Waals surface area contributed by atoms with E-state index < -0.39 is 0 Å². The number of benzene rings is 2. The highest BCUT2D eigenvalue weighted by Crippen LogP contribution is 2.33. The number of anilines is 1. The molecule has 0 atom stereocenters. The fourth-order valence-electron chi connectivity index (χ4n) is 3.45. The van der Waals surface area contributed by atoms with Crippen molar-refractivity contribution in [3.63, 3.8) is 0 Å². The van der Waals surface area contributed by atoms with Crippen molar-refractivity contribution in [1.29, 1.82) is 0 Å². The molecule has 0 radical (unpaired) electrons. The Morgan fingerprint density at radius 3 is 2.50 bits per heavy atom. The SMILES string of the molecule is Cc1ccc(SCCCC(=O)N(Cc2ccncc2)c2nc3c(C)c(C)ccc3s2)cc1. The van der Waals surface area contributed by atoms with Gasteiger partial charge in [-0.15, -0.1) is 11.8 Å². The van der Waals surface area contributed by atoms with Gasteiger partial charge in [-0.2, -0.15) is 0 Å². The summed E-state index contributed by atoms with van der Waals surface area (Å²) in [6.45, 7) is 6.79. The number of thiazole rings is 1. The molecule has 2 aromatic carbocycles. The van der Waals surface area contributed by atoms with Gasteiger partial charge in [-0.05, 0) is 80.0 Å². The summed E-state index contributed by atoms with van der Waals surface area (Å²) in [5.41, 5.74) is 5.70. The monoisotopic (exact) mass is 461 g/mol. The Morgan fingerprint density at radius 2 is 1.75 bits per heavy atom. The quantitative estimate of drug-likeness (QED) is 0.216. The van der Waals surface area contributed by atoms with Crippen molar-refractivity contribution in [3.8, 4) is 0 Å². The Kier molecular flexibility index (Phi) is 7.22. The standard InChI is InChI=1S/C26H27N3OS2/c1-18-6-9-22(10-7-18)31-16-4-5-24(30)29(17-21-12-14-27-15-13-21)26-28-25-20(3)19(2)8-11-23(25)32-26/h6-15H,4-5,16-17H2,1-3H3. The van der Waals surface area contributed by atoms with Crippen LogP contribution in [-0.4, -0.2) is 21.6 Å². The molecule has 0 aliphatic heterocycles. The van der Waals surface area contributed by atoms with Gasteiger partial charge in [-0.1, -0.05) is 35.1 Å². The molecule has 2 heterocycles. The Labute approximate surface area is 197 Å². The van der Waals surface area contributed by atoms with Crippen LogP contribution in [0.4, 0.5) is 5.13 Å². The summed E-state index contributed by atoms with van der Waals surface area (Å²) < 4.78 is 1.12. The zero-order chi connectivity index (χ0) is 22.5. The fraction of sp³-hybridized carbons (Fsp3) is 0.269. The summed E-state index contributed by atoms with van der Waals surface area (Å²) in [4.78, 5) is 25.4. The van der Waals surface area contributed by atoms with Crippen molar-refractivity contribution in [2.45, 2.75) is 45.1 Å².